The Bertz CT molecular complexity index is 2140. The first-order chi connectivity index (χ1) is 27.5. The number of nitrogens with zero attached hydrogens (tertiary/aromatic N) is 3. The standard InChI is InChI=1S/C48H53BrN4S3/c1-5-9-17-32(7-3)29-48(30-33(8-4)18-10-6-2)38-27-41(34-23-25-37(26-24-34)53(35-19-13-11-14-20-35)36-21-15-12-16-22-36)54-46(38)47-39(48)28-42(55-47)44-45-43(51-56-52-45)40(49)31-50-44/h11-16,19-28,31-33,45,52H,5-10,17-18,29-30H2,1-4H3. The molecule has 3 aliphatic rings. The Labute approximate surface area is 355 Å². The molecule has 3 aromatic carbocycles. The van der Waals surface area contributed by atoms with Crippen LogP contribution in [0, 0.1) is 11.8 Å². The van der Waals surface area contributed by atoms with Crippen molar-refractivity contribution in [2.45, 2.75) is 103 Å². The van der Waals surface area contributed by atoms with Crippen LogP contribution in [-0.4, -0.2) is 17.5 Å². The average Bonchev–Trinajstić information content (AvgIpc) is 4.04. The van der Waals surface area contributed by atoms with E-state index in [1.54, 1.807) is 11.1 Å². The van der Waals surface area contributed by atoms with E-state index in [4.69, 9.17) is 9.39 Å². The van der Waals surface area contributed by atoms with Gasteiger partial charge in [0.15, 0.2) is 0 Å². The number of hydrogen-bond acceptors (Lipinski definition) is 7. The van der Waals surface area contributed by atoms with Gasteiger partial charge in [0.25, 0.3) is 0 Å². The molecule has 8 heteroatoms. The second-order valence-electron chi connectivity index (χ2n) is 15.7. The van der Waals surface area contributed by atoms with E-state index in [1.807, 2.05) is 28.9 Å². The first kappa shape index (κ1) is 39.6. The van der Waals surface area contributed by atoms with Crippen molar-refractivity contribution in [3.63, 3.8) is 0 Å². The molecule has 0 amide bonds. The monoisotopic (exact) mass is 860 g/mol. The molecular formula is C48H53BrN4S3. The van der Waals surface area contributed by atoms with Gasteiger partial charge in [-0.2, -0.15) is 0 Å². The summed E-state index contributed by atoms with van der Waals surface area (Å²) in [5, 5.41) is 0. The van der Waals surface area contributed by atoms with Gasteiger partial charge < -0.3 is 4.90 Å². The molecule has 4 nitrogen and oxygen atoms in total. The fraction of sp³-hybridized carbons (Fsp3) is 0.375. The van der Waals surface area contributed by atoms with Crippen LogP contribution < -0.4 is 9.62 Å². The fourth-order valence-corrected chi connectivity index (χ4v) is 13.0. The van der Waals surface area contributed by atoms with E-state index in [-0.39, 0.29) is 11.5 Å². The number of anilines is 3. The Morgan fingerprint density at radius 2 is 1.23 bits per heavy atom. The molecule has 0 spiro atoms. The summed E-state index contributed by atoms with van der Waals surface area (Å²) < 4.78 is 9.24. The number of fused-ring (bicyclic) bond motifs is 4. The number of unbranched alkanes of at least 4 members (excludes halogenated alkanes) is 2. The molecule has 56 heavy (non-hydrogen) atoms. The predicted molar refractivity (Wildman–Crippen MR) is 250 cm³/mol. The highest BCUT2D eigenvalue weighted by Gasteiger charge is 2.48. The van der Waals surface area contributed by atoms with Gasteiger partial charge in [0.2, 0.25) is 0 Å². The van der Waals surface area contributed by atoms with E-state index >= 15 is 0 Å². The topological polar surface area (TPSA) is 40.0 Å². The zero-order chi connectivity index (χ0) is 38.6. The number of halogens is 1. The van der Waals surface area contributed by atoms with Gasteiger partial charge in [-0.1, -0.05) is 128 Å². The lowest BCUT2D eigenvalue weighted by molar-refractivity contribution is 0.266. The molecule has 0 radical (unpaired) electrons. The van der Waals surface area contributed by atoms with E-state index in [0.29, 0.717) is 11.8 Å². The van der Waals surface area contributed by atoms with E-state index in [1.165, 1.54) is 101 Å². The van der Waals surface area contributed by atoms with Crippen LogP contribution in [0.4, 0.5) is 17.1 Å². The summed E-state index contributed by atoms with van der Waals surface area (Å²) in [5.74, 6) is 1.37. The molecule has 1 aliphatic carbocycles. The van der Waals surface area contributed by atoms with Crippen molar-refractivity contribution in [2.75, 3.05) is 4.90 Å². The van der Waals surface area contributed by atoms with E-state index < -0.39 is 0 Å². The maximum atomic E-state index is 5.06. The maximum Gasteiger partial charge on any atom is 0.106 e. The Balaban J connectivity index is 1.24. The van der Waals surface area contributed by atoms with Crippen LogP contribution in [0.25, 0.3) is 20.2 Å². The number of para-hydroxylation sites is 2. The van der Waals surface area contributed by atoms with Crippen molar-refractivity contribution in [1.29, 1.82) is 0 Å². The molecule has 3 unspecified atom stereocenters. The minimum atomic E-state index is -0.0191. The molecule has 0 fully saturated rings. The van der Waals surface area contributed by atoms with Crippen molar-refractivity contribution in [1.82, 2.24) is 4.72 Å². The van der Waals surface area contributed by atoms with Crippen molar-refractivity contribution in [3.05, 3.63) is 124 Å². The summed E-state index contributed by atoms with van der Waals surface area (Å²) >= 11 is 9.12. The second-order valence-corrected chi connectivity index (χ2v) is 19.3. The van der Waals surface area contributed by atoms with Crippen molar-refractivity contribution >= 4 is 79.2 Å². The SMILES string of the molecule is CCCCC(CC)CC1(CC(CC)CCCC)c2cc(C3=NC=C(Br)C4=NSNC43)sc2-c2sc(-c3ccc(N(c4ccccc4)c4ccccc4)cc3)cc21. The number of aliphatic imine (C=N–C) groups is 1. The third kappa shape index (κ3) is 7.69. The first-order valence-corrected chi connectivity index (χ1v) is 23.9. The van der Waals surface area contributed by atoms with E-state index in [2.05, 4.69) is 150 Å². The number of nitrogens with one attached hydrogen (secondary N) is 1. The largest absolute Gasteiger partial charge is 0.311 e. The van der Waals surface area contributed by atoms with Gasteiger partial charge in [-0.3, -0.25) is 4.99 Å². The fourth-order valence-electron chi connectivity index (χ4n) is 9.09. The van der Waals surface area contributed by atoms with Crippen LogP contribution in [0.2, 0.25) is 0 Å². The summed E-state index contributed by atoms with van der Waals surface area (Å²) in [7, 11) is 0. The van der Waals surface area contributed by atoms with Gasteiger partial charge in [-0.25, -0.2) is 9.12 Å². The van der Waals surface area contributed by atoms with Gasteiger partial charge in [-0.05, 0) is 106 Å². The lowest BCUT2D eigenvalue weighted by Gasteiger charge is -2.38. The molecule has 2 aliphatic heterocycles. The van der Waals surface area contributed by atoms with Crippen LogP contribution in [0.3, 0.4) is 0 Å². The van der Waals surface area contributed by atoms with Gasteiger partial charge in [0, 0.05) is 43.3 Å². The van der Waals surface area contributed by atoms with Crippen LogP contribution in [0.15, 0.2) is 117 Å². The van der Waals surface area contributed by atoms with Crippen LogP contribution in [-0.2, 0) is 5.41 Å². The third-order valence-electron chi connectivity index (χ3n) is 12.2. The van der Waals surface area contributed by atoms with Crippen molar-refractivity contribution < 1.29 is 0 Å². The highest BCUT2D eigenvalue weighted by molar-refractivity contribution is 9.12. The Kier molecular flexibility index (Phi) is 12.5. The summed E-state index contributed by atoms with van der Waals surface area (Å²) in [6.07, 6.45) is 14.5. The molecular weight excluding hydrogens is 809 g/mol. The number of hydrogen-bond donors (Lipinski definition) is 1. The normalized spacial score (nSPS) is 19.4. The second kappa shape index (κ2) is 17.7. The summed E-state index contributed by atoms with van der Waals surface area (Å²) in [6.45, 7) is 9.55. The van der Waals surface area contributed by atoms with Gasteiger partial charge in [0.1, 0.15) is 6.04 Å². The first-order valence-electron chi connectivity index (χ1n) is 20.7. The van der Waals surface area contributed by atoms with E-state index in [9.17, 15) is 0 Å². The summed E-state index contributed by atoms with van der Waals surface area (Å²) in [4.78, 5) is 13.0. The molecule has 0 saturated carbocycles. The van der Waals surface area contributed by atoms with E-state index in [0.717, 1.165) is 33.0 Å². The summed E-state index contributed by atoms with van der Waals surface area (Å²) in [5.41, 5.74) is 10.0. The third-order valence-corrected chi connectivity index (χ3v) is 15.9. The maximum absolute atomic E-state index is 5.06. The summed E-state index contributed by atoms with van der Waals surface area (Å²) in [6, 6.07) is 35.9. The van der Waals surface area contributed by atoms with Crippen molar-refractivity contribution in [3.8, 4) is 20.2 Å². The minimum absolute atomic E-state index is 0.00309. The van der Waals surface area contributed by atoms with Gasteiger partial charge >= 0.3 is 0 Å². The Morgan fingerprint density at radius 3 is 1.79 bits per heavy atom. The van der Waals surface area contributed by atoms with Gasteiger partial charge in [-0.15, -0.1) is 22.7 Å². The molecule has 290 valence electrons. The number of thiophene rings is 2. The van der Waals surface area contributed by atoms with Crippen LogP contribution in [0.5, 0.6) is 0 Å². The highest BCUT2D eigenvalue weighted by Crippen LogP contribution is 2.62. The molecule has 1 N–H and O–H groups in total. The molecule has 2 aromatic heterocycles. The van der Waals surface area contributed by atoms with Crippen molar-refractivity contribution in [2.24, 2.45) is 21.2 Å². The molecule has 4 heterocycles. The lowest BCUT2D eigenvalue weighted by Crippen LogP contribution is -2.38. The van der Waals surface area contributed by atoms with Crippen LogP contribution in [0.1, 0.15) is 108 Å². The quantitative estimate of drug-likeness (QED) is 0.0947. The highest BCUT2D eigenvalue weighted by atomic mass is 79.9. The lowest BCUT2D eigenvalue weighted by atomic mass is 9.65. The zero-order valence-electron chi connectivity index (χ0n) is 33.1. The number of benzene rings is 3. The van der Waals surface area contributed by atoms with Crippen LogP contribution >= 0.6 is 50.7 Å². The molecule has 0 bridgehead atoms. The molecule has 3 atom stereocenters. The minimum Gasteiger partial charge on any atom is -0.311 e. The Hall–Kier alpha value is -3.27. The smallest absolute Gasteiger partial charge is 0.106 e. The van der Waals surface area contributed by atoms with Gasteiger partial charge in [0.05, 0.1) is 32.9 Å². The molecule has 5 aromatic rings. The molecule has 0 saturated heterocycles. The zero-order valence-corrected chi connectivity index (χ0v) is 37.1. The molecule has 8 rings (SSSR count). The Morgan fingerprint density at radius 1 is 0.696 bits per heavy atom. The predicted octanol–water partition coefficient (Wildman–Crippen LogP) is 15.4. The number of rotatable bonds is 17. The average molecular weight is 862 g/mol.